The van der Waals surface area contributed by atoms with E-state index in [9.17, 15) is 4.79 Å². The Labute approximate surface area is 61.7 Å². The van der Waals surface area contributed by atoms with Crippen molar-refractivity contribution in [2.24, 2.45) is 0 Å². The summed E-state index contributed by atoms with van der Waals surface area (Å²) in [5.74, 6) is 0.207. The maximum absolute atomic E-state index is 10.2. The van der Waals surface area contributed by atoms with Gasteiger partial charge in [-0.05, 0) is 19.8 Å². The Morgan fingerprint density at radius 1 is 1.44 bits per heavy atom. The third-order valence-electron chi connectivity index (χ3n) is 0.937. The fourth-order valence-electron chi connectivity index (χ4n) is 0.486. The van der Waals surface area contributed by atoms with E-state index in [0.29, 0.717) is 6.42 Å². The average molecular weight is 153 g/mol. The standard InChI is InChI=1S/C6H12O2.ClH/c1-6(8)4-2-3-5-7;/h7H,2-5H2,1H3;1H. The molecule has 0 heterocycles. The number of rotatable bonds is 4. The largest absolute Gasteiger partial charge is 0.396 e. The summed E-state index contributed by atoms with van der Waals surface area (Å²) in [5.41, 5.74) is 0. The molecule has 0 unspecified atom stereocenters. The van der Waals surface area contributed by atoms with Crippen LogP contribution in [0.3, 0.4) is 0 Å². The number of hydrogen-bond donors (Lipinski definition) is 1. The van der Waals surface area contributed by atoms with Crippen LogP contribution in [0.2, 0.25) is 0 Å². The van der Waals surface area contributed by atoms with Crippen molar-refractivity contribution in [3.8, 4) is 0 Å². The minimum absolute atomic E-state index is 0. The molecule has 0 aromatic carbocycles. The number of aliphatic hydroxyl groups is 1. The fourth-order valence-corrected chi connectivity index (χ4v) is 0.486. The van der Waals surface area contributed by atoms with Crippen LogP contribution < -0.4 is 0 Å². The molecule has 56 valence electrons. The number of Topliss-reactive ketones (excluding diaryl/α,β-unsaturated/α-hetero) is 1. The van der Waals surface area contributed by atoms with Gasteiger partial charge in [0.1, 0.15) is 5.78 Å². The third-order valence-corrected chi connectivity index (χ3v) is 0.937. The summed E-state index contributed by atoms with van der Waals surface area (Å²) in [7, 11) is 0. The van der Waals surface area contributed by atoms with Crippen molar-refractivity contribution < 1.29 is 9.90 Å². The van der Waals surface area contributed by atoms with Crippen LogP contribution in [0.4, 0.5) is 0 Å². The molecular formula is C6H13ClO2. The molecule has 0 aliphatic rings. The van der Waals surface area contributed by atoms with Crippen LogP contribution >= 0.6 is 12.4 Å². The van der Waals surface area contributed by atoms with Crippen LogP contribution in [-0.4, -0.2) is 17.5 Å². The van der Waals surface area contributed by atoms with Gasteiger partial charge < -0.3 is 9.90 Å². The highest BCUT2D eigenvalue weighted by atomic mass is 35.5. The van der Waals surface area contributed by atoms with Gasteiger partial charge in [-0.25, -0.2) is 0 Å². The summed E-state index contributed by atoms with van der Waals surface area (Å²) in [6.07, 6.45) is 2.19. The molecule has 0 atom stereocenters. The van der Waals surface area contributed by atoms with Crippen molar-refractivity contribution in [3.63, 3.8) is 0 Å². The monoisotopic (exact) mass is 152 g/mol. The highest BCUT2D eigenvalue weighted by molar-refractivity contribution is 5.85. The quantitative estimate of drug-likeness (QED) is 0.614. The average Bonchev–Trinajstić information content (AvgIpc) is 1.66. The number of aliphatic hydroxyl groups excluding tert-OH is 1. The molecule has 0 aliphatic carbocycles. The Hall–Kier alpha value is -0.0800. The van der Waals surface area contributed by atoms with E-state index in [-0.39, 0.29) is 24.8 Å². The van der Waals surface area contributed by atoms with Crippen molar-refractivity contribution in [1.82, 2.24) is 0 Å². The van der Waals surface area contributed by atoms with Gasteiger partial charge in [0.25, 0.3) is 0 Å². The maximum atomic E-state index is 10.2. The molecule has 0 radical (unpaired) electrons. The molecule has 0 saturated heterocycles. The van der Waals surface area contributed by atoms with E-state index in [0.717, 1.165) is 12.8 Å². The van der Waals surface area contributed by atoms with E-state index in [1.165, 1.54) is 0 Å². The smallest absolute Gasteiger partial charge is 0.129 e. The van der Waals surface area contributed by atoms with E-state index in [4.69, 9.17) is 5.11 Å². The second-order valence-electron chi connectivity index (χ2n) is 1.88. The minimum atomic E-state index is 0. The molecule has 0 saturated carbocycles. The first-order valence-electron chi connectivity index (χ1n) is 2.87. The molecular weight excluding hydrogens is 140 g/mol. The van der Waals surface area contributed by atoms with E-state index in [2.05, 4.69) is 0 Å². The molecule has 1 N–H and O–H groups in total. The van der Waals surface area contributed by atoms with Gasteiger partial charge in [0.05, 0.1) is 0 Å². The molecule has 0 spiro atoms. The number of ketones is 1. The van der Waals surface area contributed by atoms with Crippen molar-refractivity contribution in [1.29, 1.82) is 0 Å². The summed E-state index contributed by atoms with van der Waals surface area (Å²) in [6.45, 7) is 1.77. The molecule has 0 bridgehead atoms. The molecule has 0 aliphatic heterocycles. The van der Waals surface area contributed by atoms with Crippen LogP contribution in [0.1, 0.15) is 26.2 Å². The SMILES string of the molecule is CC(=O)CCCCO.Cl. The highest BCUT2D eigenvalue weighted by Gasteiger charge is 1.90. The lowest BCUT2D eigenvalue weighted by atomic mass is 10.2. The van der Waals surface area contributed by atoms with Crippen molar-refractivity contribution in [2.45, 2.75) is 26.2 Å². The Bertz CT molecular complexity index is 73.5. The van der Waals surface area contributed by atoms with Gasteiger partial charge in [-0.3, -0.25) is 0 Å². The Morgan fingerprint density at radius 3 is 2.33 bits per heavy atom. The number of hydrogen-bond acceptors (Lipinski definition) is 2. The zero-order chi connectivity index (χ0) is 6.41. The first-order valence-corrected chi connectivity index (χ1v) is 2.87. The maximum Gasteiger partial charge on any atom is 0.129 e. The van der Waals surface area contributed by atoms with Crippen LogP contribution in [-0.2, 0) is 4.79 Å². The number of carbonyl (C=O) groups excluding carboxylic acids is 1. The van der Waals surface area contributed by atoms with Crippen molar-refractivity contribution >= 4 is 18.2 Å². The van der Waals surface area contributed by atoms with E-state index in [1.807, 2.05) is 0 Å². The third kappa shape index (κ3) is 11.5. The number of unbranched alkanes of at least 4 members (excludes halogenated alkanes) is 1. The fraction of sp³-hybridized carbons (Fsp3) is 0.833. The van der Waals surface area contributed by atoms with Gasteiger partial charge in [-0.1, -0.05) is 0 Å². The molecule has 2 nitrogen and oxygen atoms in total. The first kappa shape index (κ1) is 11.7. The number of carbonyl (C=O) groups is 1. The highest BCUT2D eigenvalue weighted by Crippen LogP contribution is 1.93. The lowest BCUT2D eigenvalue weighted by molar-refractivity contribution is -0.117. The van der Waals surface area contributed by atoms with E-state index >= 15 is 0 Å². The van der Waals surface area contributed by atoms with E-state index in [1.54, 1.807) is 6.92 Å². The second kappa shape index (κ2) is 7.92. The summed E-state index contributed by atoms with van der Waals surface area (Å²) >= 11 is 0. The number of halogens is 1. The van der Waals surface area contributed by atoms with Crippen LogP contribution in [0.25, 0.3) is 0 Å². The zero-order valence-corrected chi connectivity index (χ0v) is 6.41. The summed E-state index contributed by atoms with van der Waals surface area (Å²) < 4.78 is 0. The van der Waals surface area contributed by atoms with Crippen molar-refractivity contribution in [3.05, 3.63) is 0 Å². The molecule has 0 aromatic heterocycles. The second-order valence-corrected chi connectivity index (χ2v) is 1.88. The summed E-state index contributed by atoms with van der Waals surface area (Å²) in [6, 6.07) is 0. The Balaban J connectivity index is 0. The van der Waals surface area contributed by atoms with Gasteiger partial charge >= 0.3 is 0 Å². The predicted molar refractivity (Wildman–Crippen MR) is 38.9 cm³/mol. The van der Waals surface area contributed by atoms with Gasteiger partial charge in [-0.15, -0.1) is 12.4 Å². The normalized spacial score (nSPS) is 8.22. The topological polar surface area (TPSA) is 37.3 Å². The van der Waals surface area contributed by atoms with Gasteiger partial charge in [-0.2, -0.15) is 0 Å². The molecule has 0 fully saturated rings. The Kier molecular flexibility index (Phi) is 10.3. The van der Waals surface area contributed by atoms with Crippen LogP contribution in [0.5, 0.6) is 0 Å². The van der Waals surface area contributed by atoms with Crippen LogP contribution in [0, 0.1) is 0 Å². The van der Waals surface area contributed by atoms with Gasteiger partial charge in [0.2, 0.25) is 0 Å². The van der Waals surface area contributed by atoms with E-state index < -0.39 is 0 Å². The van der Waals surface area contributed by atoms with Crippen LogP contribution in [0.15, 0.2) is 0 Å². The first-order chi connectivity index (χ1) is 3.77. The Morgan fingerprint density at radius 2 is 2.00 bits per heavy atom. The molecule has 9 heavy (non-hydrogen) atoms. The summed E-state index contributed by atoms with van der Waals surface area (Å²) in [5, 5.41) is 8.27. The molecule has 0 rings (SSSR count). The lowest BCUT2D eigenvalue weighted by Crippen LogP contribution is -1.90. The zero-order valence-electron chi connectivity index (χ0n) is 5.59. The molecule has 0 aromatic rings. The molecule has 3 heteroatoms. The molecule has 0 amide bonds. The van der Waals surface area contributed by atoms with Crippen molar-refractivity contribution in [2.75, 3.05) is 6.61 Å². The van der Waals surface area contributed by atoms with Gasteiger partial charge in [0.15, 0.2) is 0 Å². The minimum Gasteiger partial charge on any atom is -0.396 e. The predicted octanol–water partition coefficient (Wildman–Crippen LogP) is 1.16. The van der Waals surface area contributed by atoms with Gasteiger partial charge in [0, 0.05) is 13.0 Å². The summed E-state index contributed by atoms with van der Waals surface area (Å²) in [4.78, 5) is 10.2. The lowest BCUT2D eigenvalue weighted by Gasteiger charge is -1.90.